The molecule has 0 aromatic carbocycles. The summed E-state index contributed by atoms with van der Waals surface area (Å²) in [6, 6.07) is 1.91. The number of aryl methyl sites for hydroxylation is 1. The standard InChI is InChI=1S/C14H19N3O3S2/c1-3-9-7-10-12(22-9)16-14(21-8-11(15)18)17(13(10)19)5-4-6-20-2/h7H,3-6,8H2,1-2H3,(H2,15,18). The number of aromatic nitrogens is 2. The maximum absolute atomic E-state index is 12.7. The van der Waals surface area contributed by atoms with E-state index in [4.69, 9.17) is 10.5 Å². The number of hydrogen-bond acceptors (Lipinski definition) is 6. The van der Waals surface area contributed by atoms with Crippen LogP contribution < -0.4 is 11.3 Å². The fourth-order valence-electron chi connectivity index (χ4n) is 2.03. The molecule has 2 aromatic heterocycles. The van der Waals surface area contributed by atoms with Crippen LogP contribution in [0.2, 0.25) is 0 Å². The Morgan fingerprint density at radius 1 is 1.55 bits per heavy atom. The SMILES string of the molecule is CCc1cc2c(=O)n(CCCOC)c(SCC(N)=O)nc2s1. The van der Waals surface area contributed by atoms with E-state index in [1.54, 1.807) is 11.7 Å². The highest BCUT2D eigenvalue weighted by Crippen LogP contribution is 2.25. The quantitative estimate of drug-likeness (QED) is 0.448. The third-order valence-corrected chi connectivity index (χ3v) is 5.26. The summed E-state index contributed by atoms with van der Waals surface area (Å²) >= 11 is 2.72. The Morgan fingerprint density at radius 3 is 2.95 bits per heavy atom. The molecule has 0 aliphatic rings. The molecule has 0 fully saturated rings. The summed E-state index contributed by atoms with van der Waals surface area (Å²) in [5.41, 5.74) is 5.13. The van der Waals surface area contributed by atoms with Crippen LogP contribution in [0, 0.1) is 0 Å². The fourth-order valence-corrected chi connectivity index (χ4v) is 3.80. The van der Waals surface area contributed by atoms with Crippen LogP contribution in [0.1, 0.15) is 18.2 Å². The van der Waals surface area contributed by atoms with Gasteiger partial charge in [-0.25, -0.2) is 4.98 Å². The first kappa shape index (κ1) is 17.0. The average Bonchev–Trinajstić information content (AvgIpc) is 2.91. The van der Waals surface area contributed by atoms with E-state index in [0.717, 1.165) is 16.1 Å². The molecule has 0 aliphatic heterocycles. The van der Waals surface area contributed by atoms with Crippen LogP contribution in [0.4, 0.5) is 0 Å². The van der Waals surface area contributed by atoms with E-state index in [2.05, 4.69) is 4.98 Å². The highest BCUT2D eigenvalue weighted by molar-refractivity contribution is 7.99. The molecule has 1 amide bonds. The predicted octanol–water partition coefficient (Wildman–Crippen LogP) is 1.63. The van der Waals surface area contributed by atoms with Crippen molar-refractivity contribution in [2.75, 3.05) is 19.5 Å². The van der Waals surface area contributed by atoms with Gasteiger partial charge in [-0.2, -0.15) is 0 Å². The van der Waals surface area contributed by atoms with Crippen LogP contribution in [-0.2, 0) is 22.5 Å². The molecule has 0 radical (unpaired) electrons. The minimum Gasteiger partial charge on any atom is -0.385 e. The fraction of sp³-hybridized carbons (Fsp3) is 0.500. The number of carbonyl (C=O) groups is 1. The molecule has 8 heteroatoms. The van der Waals surface area contributed by atoms with Crippen LogP contribution in [0.15, 0.2) is 16.0 Å². The lowest BCUT2D eigenvalue weighted by atomic mass is 10.3. The number of primary amides is 1. The molecule has 0 aliphatic carbocycles. The maximum atomic E-state index is 12.7. The summed E-state index contributed by atoms with van der Waals surface area (Å²) in [5, 5.41) is 1.18. The van der Waals surface area contributed by atoms with E-state index in [1.807, 2.05) is 13.0 Å². The summed E-state index contributed by atoms with van der Waals surface area (Å²) in [5.74, 6) is -0.322. The summed E-state index contributed by atoms with van der Waals surface area (Å²) in [6.07, 6.45) is 1.58. The number of nitrogens with zero attached hydrogens (tertiary/aromatic N) is 2. The summed E-state index contributed by atoms with van der Waals surface area (Å²) in [7, 11) is 1.62. The second-order valence-electron chi connectivity index (χ2n) is 4.74. The highest BCUT2D eigenvalue weighted by atomic mass is 32.2. The zero-order chi connectivity index (χ0) is 16.1. The summed E-state index contributed by atoms with van der Waals surface area (Å²) < 4.78 is 6.65. The average molecular weight is 341 g/mol. The number of amides is 1. The van der Waals surface area contributed by atoms with Gasteiger partial charge >= 0.3 is 0 Å². The first-order chi connectivity index (χ1) is 10.6. The Morgan fingerprint density at radius 2 is 2.32 bits per heavy atom. The van der Waals surface area contributed by atoms with Crippen molar-refractivity contribution in [3.8, 4) is 0 Å². The van der Waals surface area contributed by atoms with Crippen molar-refractivity contribution in [2.45, 2.75) is 31.5 Å². The molecule has 0 spiro atoms. The predicted molar refractivity (Wildman–Crippen MR) is 89.7 cm³/mol. The third-order valence-electron chi connectivity index (χ3n) is 3.09. The number of hydrogen-bond donors (Lipinski definition) is 1. The number of thiophene rings is 1. The lowest BCUT2D eigenvalue weighted by Crippen LogP contribution is -2.24. The van der Waals surface area contributed by atoms with Gasteiger partial charge in [0, 0.05) is 25.1 Å². The Balaban J connectivity index is 2.44. The number of nitrogens with two attached hydrogens (primary N) is 1. The van der Waals surface area contributed by atoms with Crippen molar-refractivity contribution in [2.24, 2.45) is 5.73 Å². The summed E-state index contributed by atoms with van der Waals surface area (Å²) in [6.45, 7) is 3.12. The zero-order valence-corrected chi connectivity index (χ0v) is 14.3. The Hall–Kier alpha value is -1.38. The Bertz CT molecular complexity index is 724. The number of fused-ring (bicyclic) bond motifs is 1. The lowest BCUT2D eigenvalue weighted by molar-refractivity contribution is -0.115. The van der Waals surface area contributed by atoms with E-state index in [1.165, 1.54) is 23.1 Å². The number of thioether (sulfide) groups is 1. The molecular weight excluding hydrogens is 322 g/mol. The normalized spacial score (nSPS) is 11.2. The first-order valence-corrected chi connectivity index (χ1v) is 8.80. The van der Waals surface area contributed by atoms with E-state index in [-0.39, 0.29) is 11.3 Å². The van der Waals surface area contributed by atoms with Gasteiger partial charge in [0.05, 0.1) is 11.1 Å². The number of rotatable bonds is 8. The molecule has 120 valence electrons. The summed E-state index contributed by atoms with van der Waals surface area (Å²) in [4.78, 5) is 30.1. The molecule has 0 saturated heterocycles. The van der Waals surface area contributed by atoms with Gasteiger partial charge in [0.15, 0.2) is 5.16 Å². The monoisotopic (exact) mass is 341 g/mol. The van der Waals surface area contributed by atoms with E-state index < -0.39 is 5.91 Å². The van der Waals surface area contributed by atoms with Gasteiger partial charge in [-0.05, 0) is 18.9 Å². The topological polar surface area (TPSA) is 87.2 Å². The van der Waals surface area contributed by atoms with Crippen LogP contribution in [0.5, 0.6) is 0 Å². The van der Waals surface area contributed by atoms with Crippen molar-refractivity contribution < 1.29 is 9.53 Å². The smallest absolute Gasteiger partial charge is 0.262 e. The molecule has 0 atom stereocenters. The van der Waals surface area contributed by atoms with E-state index >= 15 is 0 Å². The number of ether oxygens (including phenoxy) is 1. The minimum atomic E-state index is -0.428. The van der Waals surface area contributed by atoms with Gasteiger partial charge in [-0.15, -0.1) is 11.3 Å². The van der Waals surface area contributed by atoms with Gasteiger partial charge in [0.25, 0.3) is 5.56 Å². The molecule has 2 heterocycles. The maximum Gasteiger partial charge on any atom is 0.262 e. The molecule has 22 heavy (non-hydrogen) atoms. The van der Waals surface area contributed by atoms with Gasteiger partial charge in [0.2, 0.25) is 5.91 Å². The third kappa shape index (κ3) is 3.88. The van der Waals surface area contributed by atoms with E-state index in [9.17, 15) is 9.59 Å². The minimum absolute atomic E-state index is 0.0657. The van der Waals surface area contributed by atoms with E-state index in [0.29, 0.717) is 30.1 Å². The highest BCUT2D eigenvalue weighted by Gasteiger charge is 2.14. The Labute approximate surface area is 136 Å². The van der Waals surface area contributed by atoms with Gasteiger partial charge in [-0.3, -0.25) is 14.2 Å². The molecule has 0 bridgehead atoms. The molecule has 0 unspecified atom stereocenters. The van der Waals surface area contributed by atoms with Gasteiger partial charge < -0.3 is 10.5 Å². The zero-order valence-electron chi connectivity index (χ0n) is 12.6. The van der Waals surface area contributed by atoms with Gasteiger partial charge in [-0.1, -0.05) is 18.7 Å². The van der Waals surface area contributed by atoms with Crippen molar-refractivity contribution in [3.63, 3.8) is 0 Å². The Kier molecular flexibility index (Phi) is 5.98. The second kappa shape index (κ2) is 7.75. The molecule has 2 N–H and O–H groups in total. The largest absolute Gasteiger partial charge is 0.385 e. The number of methoxy groups -OCH3 is 1. The molecular formula is C14H19N3O3S2. The second-order valence-corrected chi connectivity index (χ2v) is 6.80. The molecule has 0 saturated carbocycles. The van der Waals surface area contributed by atoms with Crippen LogP contribution in [0.3, 0.4) is 0 Å². The first-order valence-electron chi connectivity index (χ1n) is 7.00. The van der Waals surface area contributed by atoms with Crippen molar-refractivity contribution in [3.05, 3.63) is 21.3 Å². The molecule has 6 nitrogen and oxygen atoms in total. The van der Waals surface area contributed by atoms with Crippen LogP contribution in [-0.4, -0.2) is 34.9 Å². The lowest BCUT2D eigenvalue weighted by Gasteiger charge is -2.11. The van der Waals surface area contributed by atoms with Crippen LogP contribution in [0.25, 0.3) is 10.2 Å². The van der Waals surface area contributed by atoms with Crippen molar-refractivity contribution in [1.82, 2.24) is 9.55 Å². The van der Waals surface area contributed by atoms with Crippen molar-refractivity contribution in [1.29, 1.82) is 0 Å². The molecule has 2 aromatic rings. The number of carbonyl (C=O) groups excluding carboxylic acids is 1. The van der Waals surface area contributed by atoms with Crippen LogP contribution >= 0.6 is 23.1 Å². The van der Waals surface area contributed by atoms with Crippen molar-refractivity contribution >= 4 is 39.2 Å². The molecule has 2 rings (SSSR count). The van der Waals surface area contributed by atoms with Gasteiger partial charge in [0.1, 0.15) is 4.83 Å².